The summed E-state index contributed by atoms with van der Waals surface area (Å²) in [6.07, 6.45) is 0.499. The van der Waals surface area contributed by atoms with Gasteiger partial charge in [0, 0.05) is 6.54 Å². The van der Waals surface area contributed by atoms with Gasteiger partial charge in [0.2, 0.25) is 10.6 Å². The van der Waals surface area contributed by atoms with Gasteiger partial charge in [-0.1, -0.05) is 0 Å². The summed E-state index contributed by atoms with van der Waals surface area (Å²) < 4.78 is 30.1. The van der Waals surface area contributed by atoms with E-state index in [0.717, 1.165) is 0 Å². The third kappa shape index (κ3) is 6.73. The molecule has 20 heavy (non-hydrogen) atoms. The third-order valence-corrected chi connectivity index (χ3v) is 3.45. The Kier molecular flexibility index (Phi) is 7.00. The van der Waals surface area contributed by atoms with Gasteiger partial charge in [-0.25, -0.2) is 9.97 Å². The first-order valence-corrected chi connectivity index (χ1v) is 8.04. The van der Waals surface area contributed by atoms with Gasteiger partial charge in [-0.15, -0.1) is 0 Å². The molecule has 0 aliphatic heterocycles. The van der Waals surface area contributed by atoms with E-state index in [-0.39, 0.29) is 41.7 Å². The van der Waals surface area contributed by atoms with Crippen molar-refractivity contribution in [3.63, 3.8) is 0 Å². The standard InChI is InChI=1S/C9H14Cl2N4O4S/c10-8-13-7(14-9(11)15-8)6(12-3-4-16)2-1-5-20(17,18)19/h6,12,16H,1-5H2,(H,17,18,19). The van der Waals surface area contributed by atoms with Crippen LogP contribution in [-0.4, -0.2) is 51.9 Å². The highest BCUT2D eigenvalue weighted by atomic mass is 35.5. The van der Waals surface area contributed by atoms with E-state index in [4.69, 9.17) is 32.9 Å². The monoisotopic (exact) mass is 344 g/mol. The molecule has 1 aromatic rings. The Labute approximate surface area is 126 Å². The van der Waals surface area contributed by atoms with E-state index < -0.39 is 16.2 Å². The van der Waals surface area contributed by atoms with Gasteiger partial charge in [0.1, 0.15) is 0 Å². The Balaban J connectivity index is 2.77. The molecule has 8 nitrogen and oxygen atoms in total. The molecular formula is C9H14Cl2N4O4S. The SMILES string of the molecule is O=S(=O)(O)CCCC(NCCO)c1nc(Cl)nc(Cl)n1. The first kappa shape index (κ1) is 17.5. The van der Waals surface area contributed by atoms with Gasteiger partial charge in [0.25, 0.3) is 10.1 Å². The van der Waals surface area contributed by atoms with Crippen molar-refractivity contribution < 1.29 is 18.1 Å². The normalized spacial score (nSPS) is 13.4. The highest BCUT2D eigenvalue weighted by Crippen LogP contribution is 2.18. The van der Waals surface area contributed by atoms with Crippen LogP contribution in [-0.2, 0) is 10.1 Å². The topological polar surface area (TPSA) is 125 Å². The van der Waals surface area contributed by atoms with Crippen LogP contribution < -0.4 is 5.32 Å². The van der Waals surface area contributed by atoms with Gasteiger partial charge in [0.05, 0.1) is 18.4 Å². The molecule has 0 fully saturated rings. The summed E-state index contributed by atoms with van der Waals surface area (Å²) in [7, 11) is -4.02. The Bertz CT molecular complexity index is 522. The van der Waals surface area contributed by atoms with Crippen molar-refractivity contribution in [3.8, 4) is 0 Å². The third-order valence-electron chi connectivity index (χ3n) is 2.31. The van der Waals surface area contributed by atoms with Gasteiger partial charge in [0.15, 0.2) is 5.82 Å². The van der Waals surface area contributed by atoms with Gasteiger partial charge < -0.3 is 10.4 Å². The summed E-state index contributed by atoms with van der Waals surface area (Å²) in [5, 5.41) is 11.6. The molecule has 0 spiro atoms. The lowest BCUT2D eigenvalue weighted by Crippen LogP contribution is -2.27. The van der Waals surface area contributed by atoms with E-state index in [9.17, 15) is 8.42 Å². The van der Waals surface area contributed by atoms with Crippen LogP contribution in [0.1, 0.15) is 24.7 Å². The van der Waals surface area contributed by atoms with E-state index in [1.54, 1.807) is 0 Å². The second-order valence-electron chi connectivity index (χ2n) is 3.89. The number of hydrogen-bond donors (Lipinski definition) is 3. The van der Waals surface area contributed by atoms with Crippen molar-refractivity contribution in [2.75, 3.05) is 18.9 Å². The van der Waals surface area contributed by atoms with E-state index >= 15 is 0 Å². The molecule has 0 saturated heterocycles. The molecular weight excluding hydrogens is 331 g/mol. The maximum atomic E-state index is 10.7. The zero-order valence-electron chi connectivity index (χ0n) is 10.3. The minimum atomic E-state index is -4.02. The molecule has 1 aromatic heterocycles. The van der Waals surface area contributed by atoms with Crippen LogP contribution >= 0.6 is 23.2 Å². The number of aliphatic hydroxyl groups is 1. The van der Waals surface area contributed by atoms with Crippen LogP contribution in [0, 0.1) is 0 Å². The highest BCUT2D eigenvalue weighted by Gasteiger charge is 2.17. The highest BCUT2D eigenvalue weighted by molar-refractivity contribution is 7.85. The molecule has 0 bridgehead atoms. The molecule has 114 valence electrons. The molecule has 1 atom stereocenters. The zero-order chi connectivity index (χ0) is 15.2. The van der Waals surface area contributed by atoms with Crippen LogP contribution in [0.5, 0.6) is 0 Å². The van der Waals surface area contributed by atoms with E-state index in [2.05, 4.69) is 20.3 Å². The fourth-order valence-corrected chi connectivity index (χ4v) is 2.44. The quantitative estimate of drug-likeness (QED) is 0.581. The fourth-order valence-electron chi connectivity index (χ4n) is 1.53. The first-order valence-electron chi connectivity index (χ1n) is 5.68. The maximum absolute atomic E-state index is 10.7. The van der Waals surface area contributed by atoms with Crippen LogP contribution in [0.3, 0.4) is 0 Å². The Morgan fingerprint density at radius 3 is 2.30 bits per heavy atom. The van der Waals surface area contributed by atoms with Crippen molar-refractivity contribution in [1.29, 1.82) is 0 Å². The second-order valence-corrected chi connectivity index (χ2v) is 6.14. The number of halogens is 2. The van der Waals surface area contributed by atoms with Crippen LogP contribution in [0.25, 0.3) is 0 Å². The summed E-state index contributed by atoms with van der Waals surface area (Å²) in [6.45, 7) is 0.152. The Morgan fingerprint density at radius 2 is 1.80 bits per heavy atom. The molecule has 0 aromatic carbocycles. The van der Waals surface area contributed by atoms with Gasteiger partial charge in [-0.3, -0.25) is 4.55 Å². The van der Waals surface area contributed by atoms with Crippen molar-refractivity contribution in [1.82, 2.24) is 20.3 Å². The minimum Gasteiger partial charge on any atom is -0.395 e. The average molecular weight is 345 g/mol. The molecule has 1 unspecified atom stereocenters. The largest absolute Gasteiger partial charge is 0.395 e. The van der Waals surface area contributed by atoms with Gasteiger partial charge in [-0.2, -0.15) is 13.4 Å². The summed E-state index contributed by atoms with van der Waals surface area (Å²) in [5.41, 5.74) is 0. The van der Waals surface area contributed by atoms with Crippen molar-refractivity contribution >= 4 is 33.3 Å². The van der Waals surface area contributed by atoms with Crippen molar-refractivity contribution in [3.05, 3.63) is 16.4 Å². The number of aliphatic hydroxyl groups excluding tert-OH is 1. The first-order chi connectivity index (χ1) is 9.31. The zero-order valence-corrected chi connectivity index (χ0v) is 12.7. The van der Waals surface area contributed by atoms with Gasteiger partial charge >= 0.3 is 0 Å². The lowest BCUT2D eigenvalue weighted by atomic mass is 10.1. The van der Waals surface area contributed by atoms with Crippen LogP contribution in [0.2, 0.25) is 10.6 Å². The molecule has 0 amide bonds. The molecule has 3 N–H and O–H groups in total. The Hall–Kier alpha value is -0.580. The summed E-state index contributed by atoms with van der Waals surface area (Å²) >= 11 is 11.4. The fraction of sp³-hybridized carbons (Fsp3) is 0.667. The molecule has 1 heterocycles. The van der Waals surface area contributed by atoms with Crippen LogP contribution in [0.4, 0.5) is 0 Å². The lowest BCUT2D eigenvalue weighted by molar-refractivity contribution is 0.280. The van der Waals surface area contributed by atoms with Crippen LogP contribution in [0.15, 0.2) is 0 Å². The van der Waals surface area contributed by atoms with E-state index in [1.807, 2.05) is 0 Å². The molecule has 0 saturated carbocycles. The van der Waals surface area contributed by atoms with E-state index in [0.29, 0.717) is 6.42 Å². The average Bonchev–Trinajstić information content (AvgIpc) is 2.30. The number of rotatable bonds is 8. The predicted octanol–water partition coefficient (Wildman–Crippen LogP) is 0.469. The summed E-state index contributed by atoms with van der Waals surface area (Å²) in [5.74, 6) is -0.129. The molecule has 11 heteroatoms. The molecule has 0 radical (unpaired) electrons. The second kappa shape index (κ2) is 8.01. The lowest BCUT2D eigenvalue weighted by Gasteiger charge is -2.16. The number of aromatic nitrogens is 3. The minimum absolute atomic E-state index is 0.0782. The van der Waals surface area contributed by atoms with Gasteiger partial charge in [-0.05, 0) is 36.0 Å². The number of nitrogens with zero attached hydrogens (tertiary/aromatic N) is 3. The molecule has 0 aliphatic carbocycles. The van der Waals surface area contributed by atoms with E-state index in [1.165, 1.54) is 0 Å². The summed E-state index contributed by atoms with van der Waals surface area (Å²) in [6, 6.07) is -0.457. The smallest absolute Gasteiger partial charge is 0.264 e. The number of hydrogen-bond acceptors (Lipinski definition) is 7. The predicted molar refractivity (Wildman–Crippen MR) is 73.3 cm³/mol. The number of nitrogens with one attached hydrogen (secondary N) is 1. The Morgan fingerprint density at radius 1 is 1.20 bits per heavy atom. The van der Waals surface area contributed by atoms with Crippen molar-refractivity contribution in [2.45, 2.75) is 18.9 Å². The maximum Gasteiger partial charge on any atom is 0.264 e. The van der Waals surface area contributed by atoms with Crippen molar-refractivity contribution in [2.24, 2.45) is 0 Å². The molecule has 1 rings (SSSR count). The summed E-state index contributed by atoms with van der Waals surface area (Å²) in [4.78, 5) is 11.4. The molecule has 0 aliphatic rings.